The van der Waals surface area contributed by atoms with E-state index in [0.29, 0.717) is 23.3 Å². The normalized spacial score (nSPS) is 11.9. The molecule has 8 aromatic rings. The third-order valence-electron chi connectivity index (χ3n) is 8.91. The lowest BCUT2D eigenvalue weighted by molar-refractivity contribution is -0.143. The van der Waals surface area contributed by atoms with Crippen molar-refractivity contribution in [2.45, 2.75) is 12.4 Å². The number of benzene rings is 7. The molecular formula is C42H25F6N2O5P. The number of halogens is 6. The van der Waals surface area contributed by atoms with Crippen LogP contribution in [0.1, 0.15) is 31.8 Å². The number of nitrogens with one attached hydrogen (secondary N) is 2. The summed E-state index contributed by atoms with van der Waals surface area (Å²) in [6, 6.07) is 35.8. The van der Waals surface area contributed by atoms with Gasteiger partial charge in [-0.15, -0.1) is 0 Å². The Morgan fingerprint density at radius 3 is 1.52 bits per heavy atom. The van der Waals surface area contributed by atoms with Crippen LogP contribution in [-0.4, -0.2) is 11.8 Å². The van der Waals surface area contributed by atoms with Crippen LogP contribution in [0.2, 0.25) is 0 Å². The van der Waals surface area contributed by atoms with Gasteiger partial charge in [0.1, 0.15) is 16.9 Å². The van der Waals surface area contributed by atoms with Gasteiger partial charge in [-0.1, -0.05) is 78.9 Å². The van der Waals surface area contributed by atoms with Gasteiger partial charge in [-0.2, -0.15) is 26.3 Å². The molecule has 0 unspecified atom stereocenters. The highest BCUT2D eigenvalue weighted by Gasteiger charge is 2.37. The van der Waals surface area contributed by atoms with E-state index in [1.807, 2.05) is 72.8 Å². The van der Waals surface area contributed by atoms with Crippen molar-refractivity contribution in [3.05, 3.63) is 162 Å². The molecule has 2 N–H and O–H groups in total. The highest BCUT2D eigenvalue weighted by Crippen LogP contribution is 2.42. The summed E-state index contributed by atoms with van der Waals surface area (Å²) in [6.07, 6.45) is -10.2. The maximum absolute atomic E-state index is 13.5. The summed E-state index contributed by atoms with van der Waals surface area (Å²) < 4.78 is 99.5. The van der Waals surface area contributed by atoms with E-state index in [-0.39, 0.29) is 28.6 Å². The van der Waals surface area contributed by atoms with Crippen LogP contribution < -0.4 is 15.2 Å². The van der Waals surface area contributed by atoms with E-state index in [4.69, 9.17) is 12.9 Å². The second kappa shape index (κ2) is 14.2. The van der Waals surface area contributed by atoms with Crippen LogP contribution in [0.5, 0.6) is 5.75 Å². The summed E-state index contributed by atoms with van der Waals surface area (Å²) in [5, 5.41) is 10.4. The molecule has 14 heteroatoms. The molecule has 280 valence electrons. The quantitative estimate of drug-likeness (QED) is 0.164. The van der Waals surface area contributed by atoms with E-state index in [0.717, 1.165) is 32.3 Å². The second-order valence-electron chi connectivity index (χ2n) is 12.6. The average molecular weight is 783 g/mol. The van der Waals surface area contributed by atoms with Gasteiger partial charge in [0, 0.05) is 28.2 Å². The lowest BCUT2D eigenvalue weighted by Gasteiger charge is -2.15. The molecule has 1 heterocycles. The Morgan fingerprint density at radius 1 is 0.518 bits per heavy atom. The van der Waals surface area contributed by atoms with Crippen LogP contribution in [0.3, 0.4) is 0 Å². The first-order valence-corrected chi connectivity index (χ1v) is 17.9. The Morgan fingerprint density at radius 2 is 1.00 bits per heavy atom. The zero-order valence-electron chi connectivity index (χ0n) is 28.5. The second-order valence-corrected chi connectivity index (χ2v) is 13.6. The monoisotopic (exact) mass is 782 g/mol. The lowest BCUT2D eigenvalue weighted by Crippen LogP contribution is -2.21. The van der Waals surface area contributed by atoms with Crippen molar-refractivity contribution < 1.29 is 48.8 Å². The number of hydrogen-bond donors (Lipinski definition) is 2. The van der Waals surface area contributed by atoms with Gasteiger partial charge in [-0.25, -0.2) is 0 Å². The number of amides is 2. The standard InChI is InChI=1S/C42H25F6N2O5P/c43-41(44,45)26-20-27(42(46,47)48)22-29(21-26)50-40(52)34-15-6-5-14-33(34)39(51)49-28-10-7-11-30(23-28)53-56-54-35-18-16-24-8-1-3-12-31(24)37(35)38-32-13-4-2-9-25(32)17-19-36(38)55-56/h1-23H,(H,49,51)(H,50,52). The van der Waals surface area contributed by atoms with Crippen molar-refractivity contribution in [1.82, 2.24) is 0 Å². The largest absolute Gasteiger partial charge is 0.453 e. The Labute approximate surface area is 313 Å². The van der Waals surface area contributed by atoms with E-state index < -0.39 is 49.2 Å². The molecule has 0 saturated heterocycles. The zero-order chi connectivity index (χ0) is 39.2. The Kier molecular flexibility index (Phi) is 9.17. The summed E-state index contributed by atoms with van der Waals surface area (Å²) in [4.78, 5) is 26.8. The molecular weight excluding hydrogens is 757 g/mol. The minimum absolute atomic E-state index is 0.0501. The van der Waals surface area contributed by atoms with E-state index in [1.54, 1.807) is 18.2 Å². The molecule has 0 radical (unpaired) electrons. The molecule has 0 spiro atoms. The summed E-state index contributed by atoms with van der Waals surface area (Å²) in [5.74, 6) is -1.63. The predicted octanol–water partition coefficient (Wildman–Crippen LogP) is 13.0. The molecule has 2 amide bonds. The number of carbonyl (C=O) groups is 2. The van der Waals surface area contributed by atoms with Crippen molar-refractivity contribution in [3.63, 3.8) is 0 Å². The molecule has 56 heavy (non-hydrogen) atoms. The highest BCUT2D eigenvalue weighted by molar-refractivity contribution is 7.32. The maximum Gasteiger partial charge on any atom is 0.453 e. The van der Waals surface area contributed by atoms with Gasteiger partial charge < -0.3 is 23.6 Å². The van der Waals surface area contributed by atoms with Crippen molar-refractivity contribution in [2.24, 2.45) is 0 Å². The molecule has 0 aliphatic rings. The smallest absolute Gasteiger partial charge is 0.391 e. The van der Waals surface area contributed by atoms with Crippen molar-refractivity contribution in [1.29, 1.82) is 0 Å². The zero-order valence-corrected chi connectivity index (χ0v) is 29.4. The number of carbonyl (C=O) groups excluding carboxylic acids is 2. The SMILES string of the molecule is O=C(Nc1cccc(Op2oc3ccc4ccccc4c3c3c(ccc4ccccc43)o2)c1)c1ccccc1C(=O)Nc1cc(C(F)(F)F)cc(C(F)(F)F)c1. The molecule has 0 aliphatic carbocycles. The van der Waals surface area contributed by atoms with Crippen LogP contribution in [-0.2, 0) is 12.4 Å². The first-order valence-electron chi connectivity index (χ1n) is 16.8. The minimum atomic E-state index is -5.12. The summed E-state index contributed by atoms with van der Waals surface area (Å²) in [6.45, 7) is 0. The summed E-state index contributed by atoms with van der Waals surface area (Å²) in [7, 11) is -2.10. The lowest BCUT2D eigenvalue weighted by atomic mass is 9.99. The molecule has 0 saturated carbocycles. The van der Waals surface area contributed by atoms with Crippen LogP contribution >= 0.6 is 8.24 Å². The molecule has 7 nitrogen and oxygen atoms in total. The van der Waals surface area contributed by atoms with Gasteiger partial charge in [-0.05, 0) is 76.1 Å². The topological polar surface area (TPSA) is 93.7 Å². The number of hydrogen-bond acceptors (Lipinski definition) is 5. The predicted molar refractivity (Wildman–Crippen MR) is 203 cm³/mol. The summed E-state index contributed by atoms with van der Waals surface area (Å²) in [5.41, 5.74) is -3.14. The third-order valence-corrected chi connectivity index (χ3v) is 9.96. The van der Waals surface area contributed by atoms with E-state index in [1.165, 1.54) is 30.3 Å². The average Bonchev–Trinajstić information content (AvgIpc) is 3.34. The first-order chi connectivity index (χ1) is 26.8. The maximum atomic E-state index is 13.5. The van der Waals surface area contributed by atoms with E-state index >= 15 is 0 Å². The Balaban J connectivity index is 1.10. The van der Waals surface area contributed by atoms with Gasteiger partial charge in [0.15, 0.2) is 0 Å². The number of rotatable bonds is 6. The van der Waals surface area contributed by atoms with E-state index in [9.17, 15) is 35.9 Å². The molecule has 0 aliphatic heterocycles. The molecule has 0 fully saturated rings. The van der Waals surface area contributed by atoms with Crippen molar-refractivity contribution in [3.8, 4) is 5.75 Å². The molecule has 8 rings (SSSR count). The third kappa shape index (κ3) is 7.24. The van der Waals surface area contributed by atoms with Gasteiger partial charge in [-0.3, -0.25) is 9.59 Å². The number of anilines is 2. The van der Waals surface area contributed by atoms with Crippen LogP contribution in [0.4, 0.5) is 37.7 Å². The molecule has 1 aromatic heterocycles. The van der Waals surface area contributed by atoms with Gasteiger partial charge >= 0.3 is 20.6 Å². The van der Waals surface area contributed by atoms with Gasteiger partial charge in [0.25, 0.3) is 11.8 Å². The molecule has 0 bridgehead atoms. The molecule has 0 atom stereocenters. The van der Waals surface area contributed by atoms with Crippen LogP contribution in [0.15, 0.2) is 148 Å². The Hall–Kier alpha value is -6.72. The summed E-state index contributed by atoms with van der Waals surface area (Å²) >= 11 is 0. The molecule has 7 aromatic carbocycles. The Bertz CT molecular complexity index is 2760. The fourth-order valence-electron chi connectivity index (χ4n) is 6.41. The van der Waals surface area contributed by atoms with Gasteiger partial charge in [0.2, 0.25) is 0 Å². The number of alkyl halides is 6. The van der Waals surface area contributed by atoms with Crippen LogP contribution in [0.25, 0.3) is 43.5 Å². The fourth-order valence-corrected chi connectivity index (χ4v) is 7.43. The highest BCUT2D eigenvalue weighted by atomic mass is 31.1. The van der Waals surface area contributed by atoms with Crippen molar-refractivity contribution in [2.75, 3.05) is 10.6 Å². The minimum Gasteiger partial charge on any atom is -0.391 e. The van der Waals surface area contributed by atoms with E-state index in [2.05, 4.69) is 10.6 Å². The first kappa shape index (κ1) is 36.3. The van der Waals surface area contributed by atoms with Gasteiger partial charge in [0.05, 0.1) is 22.3 Å². The number of fused-ring (bicyclic) bond motifs is 7. The van der Waals surface area contributed by atoms with Crippen molar-refractivity contribution >= 4 is 74.9 Å². The van der Waals surface area contributed by atoms with Crippen LogP contribution in [0, 0.1) is 0 Å². The fraction of sp³-hybridized carbons (Fsp3) is 0.0476.